The Balaban J connectivity index is 1.90. The summed E-state index contributed by atoms with van der Waals surface area (Å²) in [7, 11) is 1.46. The van der Waals surface area contributed by atoms with Crippen molar-refractivity contribution in [1.29, 1.82) is 0 Å². The molecule has 0 aliphatic heterocycles. The van der Waals surface area contributed by atoms with Crippen LogP contribution < -0.4 is 15.4 Å². The number of hydrogen-bond donors (Lipinski definition) is 2. The first-order valence-corrected chi connectivity index (χ1v) is 11.7. The van der Waals surface area contributed by atoms with Gasteiger partial charge >= 0.3 is 0 Å². The van der Waals surface area contributed by atoms with Gasteiger partial charge < -0.3 is 20.1 Å². The summed E-state index contributed by atoms with van der Waals surface area (Å²) in [5.41, 5.74) is 1.09. The van der Waals surface area contributed by atoms with E-state index in [0.29, 0.717) is 16.9 Å². The molecule has 0 fully saturated rings. The molecule has 0 spiro atoms. The highest BCUT2D eigenvalue weighted by molar-refractivity contribution is 6.31. The molecule has 36 heavy (non-hydrogen) atoms. The summed E-state index contributed by atoms with van der Waals surface area (Å²) < 4.78 is 24.3. The van der Waals surface area contributed by atoms with Crippen LogP contribution in [0.15, 0.2) is 36.4 Å². The van der Waals surface area contributed by atoms with Crippen molar-refractivity contribution < 1.29 is 33.0 Å². The van der Waals surface area contributed by atoms with Gasteiger partial charge in [-0.2, -0.15) is 0 Å². The van der Waals surface area contributed by atoms with Crippen molar-refractivity contribution in [2.75, 3.05) is 20.3 Å². The Morgan fingerprint density at radius 2 is 1.83 bits per heavy atom. The van der Waals surface area contributed by atoms with Crippen molar-refractivity contribution in [3.8, 4) is 5.75 Å². The minimum atomic E-state index is -0.898. The van der Waals surface area contributed by atoms with Gasteiger partial charge in [-0.25, -0.2) is 4.39 Å². The van der Waals surface area contributed by atoms with Crippen LogP contribution in [0.5, 0.6) is 5.75 Å². The van der Waals surface area contributed by atoms with Crippen molar-refractivity contribution in [3.63, 3.8) is 0 Å². The Bertz CT molecular complexity index is 1100. The summed E-state index contributed by atoms with van der Waals surface area (Å²) in [4.78, 5) is 49.2. The van der Waals surface area contributed by atoms with Gasteiger partial charge in [0, 0.05) is 21.7 Å². The maximum Gasteiger partial charge on any atom is 0.243 e. The molecule has 0 bridgehead atoms. The Morgan fingerprint density at radius 3 is 2.44 bits per heavy atom. The Morgan fingerprint density at radius 1 is 1.11 bits per heavy atom. The molecule has 0 aromatic heterocycles. The number of amides is 2. The molecule has 0 aliphatic rings. The van der Waals surface area contributed by atoms with Crippen molar-refractivity contribution in [2.45, 2.75) is 39.8 Å². The molecule has 0 aliphatic carbocycles. The van der Waals surface area contributed by atoms with Gasteiger partial charge in [0.05, 0.1) is 26.7 Å². The standard InChI is InChI=1S/C26H30ClFN2O6/c1-15(2)25(30-24(33)11-18-10-17(16(3)31)8-9-23(18)35-4)26(34)29-12-19(32)13-36-14-20-21(27)6-5-7-22(20)28/h5-10,15,25H,11-14H2,1-4H3,(H,29,34)(H,30,33)/t25-/m0/s1. The van der Waals surface area contributed by atoms with Gasteiger partial charge in [-0.3, -0.25) is 19.2 Å². The van der Waals surface area contributed by atoms with Crippen molar-refractivity contribution in [2.24, 2.45) is 5.92 Å². The van der Waals surface area contributed by atoms with Crippen LogP contribution in [0.3, 0.4) is 0 Å². The molecule has 0 saturated heterocycles. The van der Waals surface area contributed by atoms with Gasteiger partial charge in [0.2, 0.25) is 11.8 Å². The number of Topliss-reactive ketones (excluding diaryl/α,β-unsaturated/α-hetero) is 2. The van der Waals surface area contributed by atoms with Gasteiger partial charge in [0.1, 0.15) is 24.2 Å². The minimum Gasteiger partial charge on any atom is -0.496 e. The molecule has 2 N–H and O–H groups in total. The third kappa shape index (κ3) is 8.42. The Labute approximate surface area is 214 Å². The van der Waals surface area contributed by atoms with Crippen LogP contribution >= 0.6 is 11.6 Å². The zero-order valence-electron chi connectivity index (χ0n) is 20.7. The second-order valence-electron chi connectivity index (χ2n) is 8.50. The average molecular weight is 521 g/mol. The molecule has 0 radical (unpaired) electrons. The van der Waals surface area contributed by atoms with E-state index in [4.69, 9.17) is 21.1 Å². The van der Waals surface area contributed by atoms with Crippen LogP contribution in [-0.2, 0) is 32.1 Å². The van der Waals surface area contributed by atoms with E-state index in [-0.39, 0.29) is 48.5 Å². The third-order valence-corrected chi connectivity index (χ3v) is 5.69. The number of methoxy groups -OCH3 is 1. The number of benzene rings is 2. The lowest BCUT2D eigenvalue weighted by molar-refractivity contribution is -0.131. The topological polar surface area (TPSA) is 111 Å². The number of ether oxygens (including phenoxy) is 2. The molecule has 194 valence electrons. The highest BCUT2D eigenvalue weighted by Crippen LogP contribution is 2.21. The van der Waals surface area contributed by atoms with E-state index in [1.807, 2.05) is 0 Å². The second-order valence-corrected chi connectivity index (χ2v) is 8.91. The fraction of sp³-hybridized carbons (Fsp3) is 0.385. The van der Waals surface area contributed by atoms with Gasteiger partial charge in [0.25, 0.3) is 0 Å². The van der Waals surface area contributed by atoms with E-state index in [9.17, 15) is 23.6 Å². The largest absolute Gasteiger partial charge is 0.496 e. The van der Waals surface area contributed by atoms with Crippen molar-refractivity contribution in [1.82, 2.24) is 10.6 Å². The first-order chi connectivity index (χ1) is 17.0. The molecule has 2 aromatic carbocycles. The van der Waals surface area contributed by atoms with Crippen LogP contribution in [0.25, 0.3) is 0 Å². The highest BCUT2D eigenvalue weighted by Gasteiger charge is 2.25. The zero-order chi connectivity index (χ0) is 26.8. The predicted molar refractivity (Wildman–Crippen MR) is 133 cm³/mol. The number of carbonyl (C=O) groups excluding carboxylic acids is 4. The lowest BCUT2D eigenvalue weighted by Crippen LogP contribution is -2.51. The molecule has 2 amide bonds. The van der Waals surface area contributed by atoms with E-state index in [1.54, 1.807) is 32.0 Å². The van der Waals surface area contributed by atoms with Crippen molar-refractivity contribution >= 4 is 35.0 Å². The molecule has 0 saturated carbocycles. The lowest BCUT2D eigenvalue weighted by Gasteiger charge is -2.22. The fourth-order valence-electron chi connectivity index (χ4n) is 3.35. The predicted octanol–water partition coefficient (Wildman–Crippen LogP) is 3.28. The quantitative estimate of drug-likeness (QED) is 0.392. The van der Waals surface area contributed by atoms with E-state index in [2.05, 4.69) is 10.6 Å². The van der Waals surface area contributed by atoms with E-state index >= 15 is 0 Å². The molecule has 1 atom stereocenters. The molecular weight excluding hydrogens is 491 g/mol. The smallest absolute Gasteiger partial charge is 0.243 e. The number of ketones is 2. The first-order valence-electron chi connectivity index (χ1n) is 11.3. The average Bonchev–Trinajstić information content (AvgIpc) is 2.82. The highest BCUT2D eigenvalue weighted by atomic mass is 35.5. The summed E-state index contributed by atoms with van der Waals surface area (Å²) in [6.07, 6.45) is -0.105. The van der Waals surface area contributed by atoms with E-state index in [0.717, 1.165) is 0 Å². The molecule has 10 heteroatoms. The normalized spacial score (nSPS) is 11.6. The van der Waals surface area contributed by atoms with Crippen LogP contribution in [0.1, 0.15) is 42.3 Å². The fourth-order valence-corrected chi connectivity index (χ4v) is 3.57. The number of rotatable bonds is 13. The lowest BCUT2D eigenvalue weighted by atomic mass is 10.0. The molecule has 2 aromatic rings. The molecule has 0 heterocycles. The monoisotopic (exact) mass is 520 g/mol. The van der Waals surface area contributed by atoms with Crippen molar-refractivity contribution in [3.05, 3.63) is 63.9 Å². The van der Waals surface area contributed by atoms with Crippen LogP contribution in [0, 0.1) is 11.7 Å². The summed E-state index contributed by atoms with van der Waals surface area (Å²) in [6.45, 7) is 4.07. The SMILES string of the molecule is COc1ccc(C(C)=O)cc1CC(=O)N[C@H](C(=O)NCC(=O)COCc1c(F)cccc1Cl)C(C)C. The van der Waals surface area contributed by atoms with Gasteiger partial charge in [-0.1, -0.05) is 31.5 Å². The zero-order valence-corrected chi connectivity index (χ0v) is 21.4. The summed E-state index contributed by atoms with van der Waals surface area (Å²) >= 11 is 5.92. The molecule has 2 rings (SSSR count). The maximum atomic E-state index is 13.8. The van der Waals surface area contributed by atoms with Crippen LogP contribution in [0.4, 0.5) is 4.39 Å². The molecular formula is C26H30ClFN2O6. The summed E-state index contributed by atoms with van der Waals surface area (Å²) in [6, 6.07) is 8.12. The van der Waals surface area contributed by atoms with Gasteiger partial charge in [-0.05, 0) is 43.2 Å². The van der Waals surface area contributed by atoms with E-state index < -0.39 is 29.5 Å². The van der Waals surface area contributed by atoms with E-state index in [1.165, 1.54) is 32.2 Å². The second kappa shape index (κ2) is 13.7. The maximum absolute atomic E-state index is 13.8. The Hall–Kier alpha value is -3.30. The Kier molecular flexibility index (Phi) is 11.0. The van der Waals surface area contributed by atoms with Gasteiger partial charge in [-0.15, -0.1) is 0 Å². The van der Waals surface area contributed by atoms with Crippen LogP contribution in [-0.4, -0.2) is 49.7 Å². The summed E-state index contributed by atoms with van der Waals surface area (Å²) in [5, 5.41) is 5.37. The number of halogens is 2. The number of nitrogens with one attached hydrogen (secondary N) is 2. The first kappa shape index (κ1) is 28.9. The summed E-state index contributed by atoms with van der Waals surface area (Å²) in [5.74, 6) is -1.92. The van der Waals surface area contributed by atoms with Crippen LogP contribution in [0.2, 0.25) is 5.02 Å². The molecule has 0 unspecified atom stereocenters. The third-order valence-electron chi connectivity index (χ3n) is 5.33. The van der Waals surface area contributed by atoms with Gasteiger partial charge in [0.15, 0.2) is 11.6 Å². The number of carbonyl (C=O) groups is 4. The number of hydrogen-bond acceptors (Lipinski definition) is 6. The minimum absolute atomic E-state index is 0.105. The molecule has 8 nitrogen and oxygen atoms in total.